The molecular weight excluding hydrogens is 158 g/mol. The van der Waals surface area contributed by atoms with Crippen molar-refractivity contribution in [2.45, 2.75) is 6.54 Å². The van der Waals surface area contributed by atoms with Gasteiger partial charge < -0.3 is 5.32 Å². The Morgan fingerprint density at radius 2 is 2.17 bits per heavy atom. The van der Waals surface area contributed by atoms with Crippen LogP contribution in [0.2, 0.25) is 0 Å². The van der Waals surface area contributed by atoms with Crippen LogP contribution in [-0.2, 0) is 6.54 Å². The van der Waals surface area contributed by atoms with Crippen LogP contribution in [0, 0.1) is 0 Å². The topological polar surface area (TPSA) is 92.9 Å². The number of urea groups is 1. The molecule has 0 fully saturated rings. The Labute approximate surface area is 69.2 Å². The standard InChI is InChI=1S/C6H9N5O/c7-11-6(12)10-4-5-8-2-1-3-9-5/h1-3H,4,7H2,(H2,10,11,12). The van der Waals surface area contributed by atoms with Gasteiger partial charge in [0.05, 0.1) is 6.54 Å². The Balaban J connectivity index is 2.38. The van der Waals surface area contributed by atoms with Gasteiger partial charge in [-0.15, -0.1) is 0 Å². The number of carbonyl (C=O) groups is 1. The number of hydrazine groups is 1. The Bertz CT molecular complexity index is 249. The number of hydrogen-bond acceptors (Lipinski definition) is 4. The van der Waals surface area contributed by atoms with E-state index < -0.39 is 6.03 Å². The average molecular weight is 167 g/mol. The van der Waals surface area contributed by atoms with Crippen LogP contribution in [0.25, 0.3) is 0 Å². The van der Waals surface area contributed by atoms with E-state index in [4.69, 9.17) is 5.84 Å². The van der Waals surface area contributed by atoms with E-state index >= 15 is 0 Å². The first kappa shape index (κ1) is 8.41. The van der Waals surface area contributed by atoms with Gasteiger partial charge in [0.2, 0.25) is 0 Å². The third-order valence-electron chi connectivity index (χ3n) is 1.16. The molecule has 12 heavy (non-hydrogen) atoms. The lowest BCUT2D eigenvalue weighted by Crippen LogP contribution is -2.39. The number of hydrogen-bond donors (Lipinski definition) is 3. The first-order valence-corrected chi connectivity index (χ1v) is 3.33. The molecule has 0 saturated carbocycles. The van der Waals surface area contributed by atoms with Crippen molar-refractivity contribution in [3.05, 3.63) is 24.3 Å². The third kappa shape index (κ3) is 2.51. The van der Waals surface area contributed by atoms with Crippen LogP contribution in [0.1, 0.15) is 5.82 Å². The maximum Gasteiger partial charge on any atom is 0.329 e. The Morgan fingerprint density at radius 1 is 1.50 bits per heavy atom. The molecule has 0 unspecified atom stereocenters. The summed E-state index contributed by atoms with van der Waals surface area (Å²) in [6, 6.07) is 1.24. The predicted octanol–water partition coefficient (Wildman–Crippen LogP) is -0.851. The van der Waals surface area contributed by atoms with Crippen molar-refractivity contribution in [3.8, 4) is 0 Å². The minimum Gasteiger partial charge on any atom is -0.330 e. The molecule has 0 aromatic carbocycles. The second-order valence-electron chi connectivity index (χ2n) is 1.99. The number of amides is 2. The molecule has 1 aromatic heterocycles. The number of nitrogens with one attached hydrogen (secondary N) is 2. The van der Waals surface area contributed by atoms with Gasteiger partial charge in [0.1, 0.15) is 5.82 Å². The molecule has 1 rings (SSSR count). The largest absolute Gasteiger partial charge is 0.330 e. The monoisotopic (exact) mass is 167 g/mol. The zero-order valence-corrected chi connectivity index (χ0v) is 6.32. The second kappa shape index (κ2) is 4.24. The van der Waals surface area contributed by atoms with Crippen LogP contribution in [-0.4, -0.2) is 16.0 Å². The number of nitrogens with zero attached hydrogens (tertiary/aromatic N) is 2. The first-order chi connectivity index (χ1) is 5.83. The van der Waals surface area contributed by atoms with E-state index in [-0.39, 0.29) is 6.54 Å². The maximum atomic E-state index is 10.6. The summed E-state index contributed by atoms with van der Waals surface area (Å²) in [6.45, 7) is 0.268. The van der Waals surface area contributed by atoms with Gasteiger partial charge >= 0.3 is 6.03 Å². The van der Waals surface area contributed by atoms with Crippen molar-refractivity contribution in [2.75, 3.05) is 0 Å². The summed E-state index contributed by atoms with van der Waals surface area (Å²) >= 11 is 0. The highest BCUT2D eigenvalue weighted by Gasteiger charge is 1.97. The minimum absolute atomic E-state index is 0.268. The van der Waals surface area contributed by atoms with Crippen LogP contribution in [0.15, 0.2) is 18.5 Å². The highest BCUT2D eigenvalue weighted by Crippen LogP contribution is 1.84. The summed E-state index contributed by atoms with van der Waals surface area (Å²) in [6.07, 6.45) is 3.20. The number of nitrogens with two attached hydrogens (primary N) is 1. The Hall–Kier alpha value is -1.69. The predicted molar refractivity (Wildman–Crippen MR) is 41.6 cm³/mol. The molecule has 6 heteroatoms. The van der Waals surface area contributed by atoms with Gasteiger partial charge in [-0.3, -0.25) is 5.43 Å². The summed E-state index contributed by atoms with van der Waals surface area (Å²) in [5, 5.41) is 2.45. The fourth-order valence-corrected chi connectivity index (χ4v) is 0.632. The average Bonchev–Trinajstić information content (AvgIpc) is 2.16. The van der Waals surface area contributed by atoms with Crippen molar-refractivity contribution < 1.29 is 4.79 Å². The van der Waals surface area contributed by atoms with E-state index in [9.17, 15) is 4.79 Å². The van der Waals surface area contributed by atoms with Crippen LogP contribution >= 0.6 is 0 Å². The lowest BCUT2D eigenvalue weighted by Gasteiger charge is -2.01. The minimum atomic E-state index is -0.456. The molecule has 1 heterocycles. The second-order valence-corrected chi connectivity index (χ2v) is 1.99. The maximum absolute atomic E-state index is 10.6. The third-order valence-corrected chi connectivity index (χ3v) is 1.16. The molecule has 0 saturated heterocycles. The van der Waals surface area contributed by atoms with Crippen molar-refractivity contribution in [1.82, 2.24) is 20.7 Å². The highest BCUT2D eigenvalue weighted by molar-refractivity contribution is 5.72. The summed E-state index contributed by atoms with van der Waals surface area (Å²) in [5.74, 6) is 5.38. The van der Waals surface area contributed by atoms with Crippen molar-refractivity contribution in [3.63, 3.8) is 0 Å². The zero-order valence-electron chi connectivity index (χ0n) is 6.32. The lowest BCUT2D eigenvalue weighted by atomic mass is 10.5. The van der Waals surface area contributed by atoms with Gasteiger partial charge in [-0.05, 0) is 6.07 Å². The number of rotatable bonds is 2. The molecule has 0 aliphatic rings. The number of carbonyl (C=O) groups excluding carboxylic acids is 1. The molecule has 0 radical (unpaired) electrons. The van der Waals surface area contributed by atoms with Crippen molar-refractivity contribution in [1.29, 1.82) is 0 Å². The molecule has 0 spiro atoms. The molecule has 4 N–H and O–H groups in total. The quantitative estimate of drug-likeness (QED) is 0.304. The molecular formula is C6H9N5O. The Kier molecular flexibility index (Phi) is 2.97. The SMILES string of the molecule is NNC(=O)NCc1ncccn1. The van der Waals surface area contributed by atoms with Crippen LogP contribution in [0.4, 0.5) is 4.79 Å². The molecule has 6 nitrogen and oxygen atoms in total. The summed E-state index contributed by atoms with van der Waals surface area (Å²) in [4.78, 5) is 18.4. The van der Waals surface area contributed by atoms with E-state index in [0.29, 0.717) is 5.82 Å². The van der Waals surface area contributed by atoms with Crippen molar-refractivity contribution in [2.24, 2.45) is 5.84 Å². The van der Waals surface area contributed by atoms with Gasteiger partial charge in [0.15, 0.2) is 0 Å². The van der Waals surface area contributed by atoms with Crippen molar-refractivity contribution >= 4 is 6.03 Å². The smallest absolute Gasteiger partial charge is 0.329 e. The van der Waals surface area contributed by atoms with Gasteiger partial charge in [-0.2, -0.15) is 0 Å². The Morgan fingerprint density at radius 3 is 2.75 bits per heavy atom. The first-order valence-electron chi connectivity index (χ1n) is 3.33. The fraction of sp³-hybridized carbons (Fsp3) is 0.167. The molecule has 1 aromatic rings. The fourth-order valence-electron chi connectivity index (χ4n) is 0.632. The van der Waals surface area contributed by atoms with Gasteiger partial charge in [0, 0.05) is 12.4 Å². The molecule has 0 aliphatic heterocycles. The molecule has 64 valence electrons. The molecule has 0 bridgehead atoms. The van der Waals surface area contributed by atoms with E-state index in [1.54, 1.807) is 18.5 Å². The van der Waals surface area contributed by atoms with E-state index in [1.165, 1.54) is 0 Å². The van der Waals surface area contributed by atoms with Gasteiger partial charge in [-0.25, -0.2) is 20.6 Å². The summed E-state index contributed by atoms with van der Waals surface area (Å²) in [7, 11) is 0. The van der Waals surface area contributed by atoms with Crippen LogP contribution < -0.4 is 16.6 Å². The van der Waals surface area contributed by atoms with Crippen LogP contribution in [0.5, 0.6) is 0 Å². The normalized spacial score (nSPS) is 9.08. The van der Waals surface area contributed by atoms with E-state index in [0.717, 1.165) is 0 Å². The van der Waals surface area contributed by atoms with E-state index in [2.05, 4.69) is 15.3 Å². The lowest BCUT2D eigenvalue weighted by molar-refractivity contribution is 0.240. The van der Waals surface area contributed by atoms with Gasteiger partial charge in [0.25, 0.3) is 0 Å². The van der Waals surface area contributed by atoms with Gasteiger partial charge in [-0.1, -0.05) is 0 Å². The number of aromatic nitrogens is 2. The summed E-state index contributed by atoms with van der Waals surface area (Å²) < 4.78 is 0. The molecule has 2 amide bonds. The zero-order chi connectivity index (χ0) is 8.81. The molecule has 0 atom stereocenters. The van der Waals surface area contributed by atoms with Crippen LogP contribution in [0.3, 0.4) is 0 Å². The highest BCUT2D eigenvalue weighted by atomic mass is 16.2. The van der Waals surface area contributed by atoms with E-state index in [1.807, 2.05) is 5.43 Å². The summed E-state index contributed by atoms with van der Waals surface area (Å²) in [5.41, 5.74) is 1.93. The molecule has 0 aliphatic carbocycles.